The first-order valence-electron chi connectivity index (χ1n) is 5.74. The summed E-state index contributed by atoms with van der Waals surface area (Å²) in [6.07, 6.45) is 0.295. The van der Waals surface area contributed by atoms with Crippen molar-refractivity contribution in [3.8, 4) is 0 Å². The third kappa shape index (κ3) is 3.07. The maximum atomic E-state index is 5.68. The molecular formula is C10H20N4O. The van der Waals surface area contributed by atoms with Gasteiger partial charge in [0.2, 0.25) is 0 Å². The van der Waals surface area contributed by atoms with Crippen LogP contribution in [0, 0.1) is 0 Å². The highest BCUT2D eigenvalue weighted by molar-refractivity contribution is 5.81. The van der Waals surface area contributed by atoms with Gasteiger partial charge in [-0.25, -0.2) is 0 Å². The molecule has 2 N–H and O–H groups in total. The summed E-state index contributed by atoms with van der Waals surface area (Å²) in [6.45, 7) is 8.92. The van der Waals surface area contributed by atoms with E-state index in [0.717, 1.165) is 51.8 Å². The monoisotopic (exact) mass is 212 g/mol. The van der Waals surface area contributed by atoms with Gasteiger partial charge in [0.05, 0.1) is 19.3 Å². The molecule has 1 atom stereocenters. The van der Waals surface area contributed by atoms with Crippen molar-refractivity contribution in [2.24, 2.45) is 4.99 Å². The van der Waals surface area contributed by atoms with Crippen LogP contribution in [-0.4, -0.2) is 62.8 Å². The van der Waals surface area contributed by atoms with E-state index in [4.69, 9.17) is 4.74 Å². The van der Waals surface area contributed by atoms with Crippen LogP contribution in [-0.2, 0) is 4.74 Å². The summed E-state index contributed by atoms with van der Waals surface area (Å²) in [5.74, 6) is 0.923. The van der Waals surface area contributed by atoms with Crippen molar-refractivity contribution < 1.29 is 4.74 Å². The molecule has 86 valence electrons. The lowest BCUT2D eigenvalue weighted by molar-refractivity contribution is -0.0233. The van der Waals surface area contributed by atoms with E-state index in [2.05, 4.69) is 27.4 Å². The molecule has 2 aliphatic heterocycles. The van der Waals surface area contributed by atoms with Crippen LogP contribution in [0.1, 0.15) is 6.92 Å². The van der Waals surface area contributed by atoms with Gasteiger partial charge in [-0.2, -0.15) is 0 Å². The van der Waals surface area contributed by atoms with Crippen LogP contribution in [0.25, 0.3) is 0 Å². The summed E-state index contributed by atoms with van der Waals surface area (Å²) >= 11 is 0. The summed E-state index contributed by atoms with van der Waals surface area (Å²) in [5, 5.41) is 6.47. The van der Waals surface area contributed by atoms with E-state index in [1.807, 2.05) is 0 Å². The molecule has 0 amide bonds. The molecule has 1 fully saturated rings. The number of hydrogen-bond acceptors (Lipinski definition) is 5. The zero-order valence-corrected chi connectivity index (χ0v) is 9.33. The Kier molecular flexibility index (Phi) is 3.80. The molecule has 5 heteroatoms. The second-order valence-electron chi connectivity index (χ2n) is 3.92. The van der Waals surface area contributed by atoms with Gasteiger partial charge in [0.15, 0.2) is 5.96 Å². The molecule has 1 saturated heterocycles. The lowest BCUT2D eigenvalue weighted by atomic mass is 10.2. The van der Waals surface area contributed by atoms with Crippen LogP contribution >= 0.6 is 0 Å². The molecule has 2 rings (SSSR count). The SMILES string of the molecule is CCN1CCOC(CNC2=NCCN2)C1. The second kappa shape index (κ2) is 5.32. The number of morpholine rings is 1. The van der Waals surface area contributed by atoms with Crippen molar-refractivity contribution in [2.45, 2.75) is 13.0 Å². The Morgan fingerprint density at radius 1 is 1.67 bits per heavy atom. The first kappa shape index (κ1) is 10.7. The van der Waals surface area contributed by atoms with E-state index < -0.39 is 0 Å². The van der Waals surface area contributed by atoms with E-state index in [1.165, 1.54) is 0 Å². The Morgan fingerprint density at radius 2 is 2.60 bits per heavy atom. The molecule has 1 unspecified atom stereocenters. The summed E-state index contributed by atoms with van der Waals surface area (Å²) < 4.78 is 5.68. The molecule has 0 aliphatic carbocycles. The Bertz CT molecular complexity index is 231. The largest absolute Gasteiger partial charge is 0.374 e. The van der Waals surface area contributed by atoms with E-state index in [-0.39, 0.29) is 0 Å². The van der Waals surface area contributed by atoms with Crippen molar-refractivity contribution in [1.82, 2.24) is 15.5 Å². The van der Waals surface area contributed by atoms with Crippen LogP contribution in [0.5, 0.6) is 0 Å². The van der Waals surface area contributed by atoms with Crippen LogP contribution in [0.15, 0.2) is 4.99 Å². The van der Waals surface area contributed by atoms with Crippen LogP contribution in [0.3, 0.4) is 0 Å². The highest BCUT2D eigenvalue weighted by Crippen LogP contribution is 2.03. The van der Waals surface area contributed by atoms with Crippen molar-refractivity contribution in [3.63, 3.8) is 0 Å². The lowest BCUT2D eigenvalue weighted by Crippen LogP contribution is -2.48. The molecule has 5 nitrogen and oxygen atoms in total. The van der Waals surface area contributed by atoms with Gasteiger partial charge < -0.3 is 15.4 Å². The molecule has 0 radical (unpaired) electrons. The molecule has 0 bridgehead atoms. The summed E-state index contributed by atoms with van der Waals surface area (Å²) in [7, 11) is 0. The molecule has 0 spiro atoms. The fraction of sp³-hybridized carbons (Fsp3) is 0.900. The van der Waals surface area contributed by atoms with Crippen LogP contribution in [0.4, 0.5) is 0 Å². The highest BCUT2D eigenvalue weighted by Gasteiger charge is 2.19. The van der Waals surface area contributed by atoms with E-state index in [0.29, 0.717) is 6.10 Å². The Labute approximate surface area is 90.9 Å². The molecule has 15 heavy (non-hydrogen) atoms. The first-order chi connectivity index (χ1) is 7.38. The number of nitrogens with one attached hydrogen (secondary N) is 2. The molecular weight excluding hydrogens is 192 g/mol. The maximum absolute atomic E-state index is 5.68. The molecule has 2 heterocycles. The first-order valence-corrected chi connectivity index (χ1v) is 5.74. The quantitative estimate of drug-likeness (QED) is 0.647. The van der Waals surface area contributed by atoms with Gasteiger partial charge in [0, 0.05) is 26.2 Å². The van der Waals surface area contributed by atoms with Gasteiger partial charge in [-0.3, -0.25) is 9.89 Å². The summed E-state index contributed by atoms with van der Waals surface area (Å²) in [5.41, 5.74) is 0. The van der Waals surface area contributed by atoms with Gasteiger partial charge >= 0.3 is 0 Å². The van der Waals surface area contributed by atoms with E-state index in [1.54, 1.807) is 0 Å². The predicted octanol–water partition coefficient (Wildman–Crippen LogP) is -0.744. The fourth-order valence-electron chi connectivity index (χ4n) is 1.92. The minimum atomic E-state index is 0.295. The normalized spacial score (nSPS) is 27.3. The Morgan fingerprint density at radius 3 is 3.33 bits per heavy atom. The molecule has 0 aromatic heterocycles. The number of rotatable bonds is 3. The average molecular weight is 212 g/mol. The zero-order valence-electron chi connectivity index (χ0n) is 9.33. The fourth-order valence-corrected chi connectivity index (χ4v) is 1.92. The molecule has 0 saturated carbocycles. The standard InChI is InChI=1S/C10H20N4O/c1-2-14-5-6-15-9(8-14)7-13-10-11-3-4-12-10/h9H,2-8H2,1H3,(H2,11,12,13). The van der Waals surface area contributed by atoms with Gasteiger partial charge in [-0.05, 0) is 6.54 Å². The number of ether oxygens (including phenoxy) is 1. The van der Waals surface area contributed by atoms with Crippen molar-refractivity contribution >= 4 is 5.96 Å². The van der Waals surface area contributed by atoms with Gasteiger partial charge in [-0.15, -0.1) is 0 Å². The minimum absolute atomic E-state index is 0.295. The van der Waals surface area contributed by atoms with E-state index in [9.17, 15) is 0 Å². The number of aliphatic imine (C=N–C) groups is 1. The molecule has 2 aliphatic rings. The lowest BCUT2D eigenvalue weighted by Gasteiger charge is -2.32. The summed E-state index contributed by atoms with van der Waals surface area (Å²) in [6, 6.07) is 0. The molecule has 0 aromatic rings. The van der Waals surface area contributed by atoms with Gasteiger partial charge in [0.25, 0.3) is 0 Å². The molecule has 0 aromatic carbocycles. The second-order valence-corrected chi connectivity index (χ2v) is 3.92. The Hall–Kier alpha value is -0.810. The van der Waals surface area contributed by atoms with Crippen molar-refractivity contribution in [3.05, 3.63) is 0 Å². The number of hydrogen-bond donors (Lipinski definition) is 2. The predicted molar refractivity (Wildman–Crippen MR) is 60.2 cm³/mol. The maximum Gasteiger partial charge on any atom is 0.191 e. The third-order valence-corrected chi connectivity index (χ3v) is 2.84. The highest BCUT2D eigenvalue weighted by atomic mass is 16.5. The average Bonchev–Trinajstić information content (AvgIpc) is 2.79. The van der Waals surface area contributed by atoms with Crippen molar-refractivity contribution in [2.75, 3.05) is 45.9 Å². The topological polar surface area (TPSA) is 48.9 Å². The number of likely N-dealkylation sites (N-methyl/N-ethyl adjacent to an activating group) is 1. The van der Waals surface area contributed by atoms with Crippen LogP contribution < -0.4 is 10.6 Å². The van der Waals surface area contributed by atoms with Crippen LogP contribution in [0.2, 0.25) is 0 Å². The number of guanidine groups is 1. The van der Waals surface area contributed by atoms with E-state index >= 15 is 0 Å². The Balaban J connectivity index is 1.69. The number of nitrogens with zero attached hydrogens (tertiary/aromatic N) is 2. The minimum Gasteiger partial charge on any atom is -0.374 e. The summed E-state index contributed by atoms with van der Waals surface area (Å²) in [4.78, 5) is 6.70. The third-order valence-electron chi connectivity index (χ3n) is 2.84. The zero-order chi connectivity index (χ0) is 10.5. The van der Waals surface area contributed by atoms with Gasteiger partial charge in [-0.1, -0.05) is 6.92 Å². The van der Waals surface area contributed by atoms with Gasteiger partial charge in [0.1, 0.15) is 0 Å². The van der Waals surface area contributed by atoms with Crippen molar-refractivity contribution in [1.29, 1.82) is 0 Å². The smallest absolute Gasteiger partial charge is 0.191 e.